The summed E-state index contributed by atoms with van der Waals surface area (Å²) in [5.41, 5.74) is 0. The van der Waals surface area contributed by atoms with Gasteiger partial charge in [0.25, 0.3) is 0 Å². The van der Waals surface area contributed by atoms with Gasteiger partial charge in [0.2, 0.25) is 0 Å². The number of allylic oxidation sites excluding steroid dienone is 4. The van der Waals surface area contributed by atoms with E-state index in [0.717, 1.165) is 5.03 Å². The maximum atomic E-state index is 5.68. The molecule has 0 nitrogen and oxygen atoms in total. The average molecular weight is 145 g/mol. The predicted molar refractivity (Wildman–Crippen MR) is 43.6 cm³/mol. The molecule has 0 aliphatic carbocycles. The van der Waals surface area contributed by atoms with E-state index >= 15 is 0 Å². The summed E-state index contributed by atoms with van der Waals surface area (Å²) in [5, 5.41) is 0.809. The molecular weight excluding hydrogens is 132 g/mol. The Bertz CT molecular complexity index is 121. The molecular formula is C8H13Cl. The van der Waals surface area contributed by atoms with Gasteiger partial charge in [0.15, 0.2) is 0 Å². The zero-order valence-electron chi connectivity index (χ0n) is 6.19. The molecule has 0 amide bonds. The molecule has 1 heteroatoms. The van der Waals surface area contributed by atoms with Crippen molar-refractivity contribution < 1.29 is 0 Å². The third-order valence-corrected chi connectivity index (χ3v) is 1.26. The van der Waals surface area contributed by atoms with Crippen LogP contribution >= 0.6 is 11.6 Å². The predicted octanol–water partition coefficient (Wildman–Crippen LogP) is 3.34. The van der Waals surface area contributed by atoms with Crippen LogP contribution in [0.1, 0.15) is 20.8 Å². The Morgan fingerprint density at radius 2 is 2.00 bits per heavy atom. The topological polar surface area (TPSA) is 0 Å². The summed E-state index contributed by atoms with van der Waals surface area (Å²) >= 11 is 5.68. The van der Waals surface area contributed by atoms with Crippen molar-refractivity contribution in [1.29, 1.82) is 0 Å². The minimum Gasteiger partial charge on any atom is -0.0847 e. The molecule has 9 heavy (non-hydrogen) atoms. The fraction of sp³-hybridized carbons (Fsp3) is 0.500. The summed E-state index contributed by atoms with van der Waals surface area (Å²) in [6.45, 7) is 6.17. The van der Waals surface area contributed by atoms with Crippen LogP contribution in [0.2, 0.25) is 0 Å². The number of halogens is 1. The molecule has 0 spiro atoms. The molecule has 52 valence electrons. The smallest absolute Gasteiger partial charge is 0.0360 e. The largest absolute Gasteiger partial charge is 0.0847 e. The molecule has 0 atom stereocenters. The highest BCUT2D eigenvalue weighted by molar-refractivity contribution is 6.31. The maximum Gasteiger partial charge on any atom is 0.0360 e. The first-order valence-electron chi connectivity index (χ1n) is 3.17. The Balaban J connectivity index is 3.71. The average Bonchev–Trinajstić information content (AvgIpc) is 1.83. The van der Waals surface area contributed by atoms with Gasteiger partial charge >= 0.3 is 0 Å². The van der Waals surface area contributed by atoms with E-state index in [9.17, 15) is 0 Å². The van der Waals surface area contributed by atoms with Gasteiger partial charge in [-0.25, -0.2) is 0 Å². The third kappa shape index (κ3) is 5.64. The highest BCUT2D eigenvalue weighted by Crippen LogP contribution is 2.04. The van der Waals surface area contributed by atoms with E-state index < -0.39 is 0 Å². The first-order valence-corrected chi connectivity index (χ1v) is 3.54. The van der Waals surface area contributed by atoms with Gasteiger partial charge in [-0.1, -0.05) is 37.6 Å². The molecule has 0 heterocycles. The number of hydrogen-bond donors (Lipinski definition) is 0. The molecule has 0 aromatic rings. The molecule has 0 aromatic heterocycles. The highest BCUT2D eigenvalue weighted by atomic mass is 35.5. The Morgan fingerprint density at radius 3 is 2.33 bits per heavy atom. The lowest BCUT2D eigenvalue weighted by molar-refractivity contribution is 0.831. The molecule has 0 aliphatic rings. The van der Waals surface area contributed by atoms with Crippen LogP contribution in [0.5, 0.6) is 0 Å². The standard InChI is InChI=1S/C8H13Cl/c1-4-8(9)6-5-7(2)3/h4-7H,1-3H3/b6-5-,8-4+. The van der Waals surface area contributed by atoms with E-state index in [2.05, 4.69) is 19.9 Å². The second kappa shape index (κ2) is 4.63. The minimum atomic E-state index is 0.582. The summed E-state index contributed by atoms with van der Waals surface area (Å²) < 4.78 is 0. The van der Waals surface area contributed by atoms with E-state index in [0.29, 0.717) is 5.92 Å². The Labute approximate surface area is 62.2 Å². The minimum absolute atomic E-state index is 0.582. The first-order chi connectivity index (χ1) is 4.16. The third-order valence-electron chi connectivity index (χ3n) is 0.916. The monoisotopic (exact) mass is 144 g/mol. The summed E-state index contributed by atoms with van der Waals surface area (Å²) in [4.78, 5) is 0. The molecule has 0 rings (SSSR count). The first kappa shape index (κ1) is 8.77. The highest BCUT2D eigenvalue weighted by Gasteiger charge is 1.83. The lowest BCUT2D eigenvalue weighted by Gasteiger charge is -1.91. The normalized spacial score (nSPS) is 13.7. The summed E-state index contributed by atoms with van der Waals surface area (Å²) in [5.74, 6) is 0.582. The van der Waals surface area contributed by atoms with Crippen LogP contribution in [0.3, 0.4) is 0 Å². The van der Waals surface area contributed by atoms with Gasteiger partial charge in [-0.05, 0) is 18.9 Å². The fourth-order valence-corrected chi connectivity index (χ4v) is 0.453. The second-order valence-electron chi connectivity index (χ2n) is 2.28. The van der Waals surface area contributed by atoms with Crippen LogP contribution in [0.4, 0.5) is 0 Å². The van der Waals surface area contributed by atoms with Crippen molar-refractivity contribution in [2.24, 2.45) is 5.92 Å². The van der Waals surface area contributed by atoms with Crippen LogP contribution < -0.4 is 0 Å². The van der Waals surface area contributed by atoms with Gasteiger partial charge in [0.05, 0.1) is 0 Å². The van der Waals surface area contributed by atoms with Gasteiger partial charge in [0.1, 0.15) is 0 Å². The van der Waals surface area contributed by atoms with E-state index in [1.165, 1.54) is 0 Å². The molecule has 0 aromatic carbocycles. The van der Waals surface area contributed by atoms with Crippen molar-refractivity contribution in [3.05, 3.63) is 23.3 Å². The molecule has 0 unspecified atom stereocenters. The van der Waals surface area contributed by atoms with Gasteiger partial charge in [-0.3, -0.25) is 0 Å². The number of rotatable bonds is 2. The van der Waals surface area contributed by atoms with Crippen molar-refractivity contribution in [2.75, 3.05) is 0 Å². The van der Waals surface area contributed by atoms with Gasteiger partial charge in [-0.15, -0.1) is 0 Å². The van der Waals surface area contributed by atoms with E-state index in [1.54, 1.807) is 0 Å². The van der Waals surface area contributed by atoms with Crippen LogP contribution in [0.15, 0.2) is 23.3 Å². The van der Waals surface area contributed by atoms with Crippen molar-refractivity contribution >= 4 is 11.6 Å². The number of hydrogen-bond acceptors (Lipinski definition) is 0. The Hall–Kier alpha value is -0.230. The summed E-state index contributed by atoms with van der Waals surface area (Å²) in [6.07, 6.45) is 5.87. The lowest BCUT2D eigenvalue weighted by atomic mass is 10.2. The van der Waals surface area contributed by atoms with Crippen molar-refractivity contribution in [2.45, 2.75) is 20.8 Å². The zero-order valence-corrected chi connectivity index (χ0v) is 6.94. The quantitative estimate of drug-likeness (QED) is 0.522. The second-order valence-corrected chi connectivity index (χ2v) is 2.71. The van der Waals surface area contributed by atoms with Gasteiger partial charge in [-0.2, -0.15) is 0 Å². The molecule has 0 saturated heterocycles. The molecule has 0 aliphatic heterocycles. The van der Waals surface area contributed by atoms with Crippen LogP contribution in [-0.4, -0.2) is 0 Å². The van der Waals surface area contributed by atoms with Crippen LogP contribution in [-0.2, 0) is 0 Å². The molecule has 0 N–H and O–H groups in total. The van der Waals surface area contributed by atoms with Gasteiger partial charge < -0.3 is 0 Å². The fourth-order valence-electron chi connectivity index (χ4n) is 0.381. The Morgan fingerprint density at radius 1 is 1.44 bits per heavy atom. The lowest BCUT2D eigenvalue weighted by Crippen LogP contribution is -1.75. The molecule has 0 bridgehead atoms. The molecule has 0 fully saturated rings. The van der Waals surface area contributed by atoms with E-state index in [-0.39, 0.29) is 0 Å². The van der Waals surface area contributed by atoms with Gasteiger partial charge in [0, 0.05) is 5.03 Å². The molecule has 0 radical (unpaired) electrons. The zero-order chi connectivity index (χ0) is 7.28. The molecule has 0 saturated carbocycles. The summed E-state index contributed by atoms with van der Waals surface area (Å²) in [7, 11) is 0. The summed E-state index contributed by atoms with van der Waals surface area (Å²) in [6, 6.07) is 0. The van der Waals surface area contributed by atoms with Crippen molar-refractivity contribution in [1.82, 2.24) is 0 Å². The van der Waals surface area contributed by atoms with Crippen molar-refractivity contribution in [3.63, 3.8) is 0 Å². The van der Waals surface area contributed by atoms with Crippen LogP contribution in [0.25, 0.3) is 0 Å². The van der Waals surface area contributed by atoms with E-state index in [1.807, 2.05) is 19.1 Å². The Kier molecular flexibility index (Phi) is 4.51. The van der Waals surface area contributed by atoms with E-state index in [4.69, 9.17) is 11.6 Å². The SMILES string of the molecule is C/C=C(Cl)\C=C/C(C)C. The maximum absolute atomic E-state index is 5.68. The van der Waals surface area contributed by atoms with Crippen molar-refractivity contribution in [3.8, 4) is 0 Å². The van der Waals surface area contributed by atoms with Crippen LogP contribution in [0, 0.1) is 5.92 Å².